The molecule has 0 heterocycles. The molecule has 132 valence electrons. The Hall–Kier alpha value is 0.0800. The fourth-order valence-electron chi connectivity index (χ4n) is 1.86. The van der Waals surface area contributed by atoms with Gasteiger partial charge < -0.3 is 12.2 Å². The van der Waals surface area contributed by atoms with Crippen LogP contribution in [-0.2, 0) is 15.2 Å². The summed E-state index contributed by atoms with van der Waals surface area (Å²) in [5.41, 5.74) is 0. The van der Waals surface area contributed by atoms with Gasteiger partial charge in [-0.2, -0.15) is 8.42 Å². The van der Waals surface area contributed by atoms with Crippen molar-refractivity contribution in [2.24, 2.45) is 0 Å². The van der Waals surface area contributed by atoms with E-state index in [0.29, 0.717) is 0 Å². The quantitative estimate of drug-likeness (QED) is 0.163. The second-order valence-electron chi connectivity index (χ2n) is 5.12. The molecule has 23 heavy (non-hydrogen) atoms. The summed E-state index contributed by atoms with van der Waals surface area (Å²) in [4.78, 5) is 11.0. The zero-order valence-electron chi connectivity index (χ0n) is 14.5. The van der Waals surface area contributed by atoms with Crippen LogP contribution in [0.3, 0.4) is 0 Å². The Morgan fingerprint density at radius 1 is 1.13 bits per heavy atom. The van der Waals surface area contributed by atoms with Crippen molar-refractivity contribution in [3.63, 3.8) is 0 Å². The van der Waals surface area contributed by atoms with Crippen molar-refractivity contribution >= 4 is 16.3 Å². The van der Waals surface area contributed by atoms with Crippen LogP contribution < -0.4 is 34.9 Å². The molecule has 0 spiro atoms. The monoisotopic (exact) mass is 359 g/mol. The molecule has 0 aliphatic rings. The van der Waals surface area contributed by atoms with Gasteiger partial charge in [0.25, 0.3) is 0 Å². The van der Waals surface area contributed by atoms with E-state index in [-0.39, 0.29) is 41.5 Å². The maximum Gasteiger partial charge on any atom is 1.00 e. The van der Waals surface area contributed by atoms with Crippen LogP contribution in [-0.4, -0.2) is 29.5 Å². The summed E-state index contributed by atoms with van der Waals surface area (Å²) in [5.74, 6) is -0.121. The first-order chi connectivity index (χ1) is 10.2. The number of carbonyl (C=O) groups is 1. The van der Waals surface area contributed by atoms with Gasteiger partial charge in [-0.1, -0.05) is 77.3 Å². The third-order valence-corrected chi connectivity index (χ3v) is 2.94. The Kier molecular flexibility index (Phi) is 22.3. The number of rotatable bonds is 11. The van der Waals surface area contributed by atoms with E-state index in [0.717, 1.165) is 12.8 Å². The molecule has 0 radical (unpaired) electrons. The van der Waals surface area contributed by atoms with Gasteiger partial charge >= 0.3 is 40.0 Å². The Balaban J connectivity index is -0.000000578. The largest absolute Gasteiger partial charge is 1.00 e. The van der Waals surface area contributed by atoms with Crippen molar-refractivity contribution < 1.29 is 51.9 Å². The topological polar surface area (TPSA) is 104 Å². The summed E-state index contributed by atoms with van der Waals surface area (Å²) >= 11 is 0. The molecule has 0 aliphatic carbocycles. The molecule has 0 saturated heterocycles. The molecule has 0 aromatic rings. The second kappa shape index (κ2) is 18.4. The van der Waals surface area contributed by atoms with Gasteiger partial charge in [-0.05, 0) is 6.08 Å². The van der Waals surface area contributed by atoms with Crippen LogP contribution in [0.2, 0.25) is 0 Å². The minimum absolute atomic E-state index is 0. The van der Waals surface area contributed by atoms with Gasteiger partial charge in [0.05, 0.1) is 0 Å². The van der Waals surface area contributed by atoms with E-state index in [4.69, 9.17) is 17.5 Å². The molecular formula is C15H30NNaO5S. The summed E-state index contributed by atoms with van der Waals surface area (Å²) in [5, 5.41) is 2.78. The number of unbranched alkanes of at least 4 members (excludes halogenated alkanes) is 7. The van der Waals surface area contributed by atoms with Crippen LogP contribution in [0, 0.1) is 6.92 Å². The van der Waals surface area contributed by atoms with Crippen LogP contribution in [0.5, 0.6) is 0 Å². The average molecular weight is 359 g/mol. The normalized spacial score (nSPS) is 11.5. The fourth-order valence-corrected chi connectivity index (χ4v) is 1.86. The number of hydrogen-bond donors (Lipinski definition) is 3. The van der Waals surface area contributed by atoms with Gasteiger partial charge in [0.15, 0.2) is 0 Å². The molecule has 0 rings (SSSR count). The molecule has 0 saturated carbocycles. The molecular weight excluding hydrogens is 329 g/mol. The van der Waals surface area contributed by atoms with E-state index < -0.39 is 10.4 Å². The first-order valence-electron chi connectivity index (χ1n) is 7.66. The molecule has 0 aromatic carbocycles. The molecule has 6 nitrogen and oxygen atoms in total. The number of hydrogen-bond acceptors (Lipinski definition) is 3. The Morgan fingerprint density at radius 2 is 1.52 bits per heavy atom. The molecule has 0 aromatic heterocycles. The van der Waals surface area contributed by atoms with Crippen molar-refractivity contribution in [3.05, 3.63) is 19.6 Å². The van der Waals surface area contributed by atoms with Gasteiger partial charge in [0.2, 0.25) is 5.91 Å². The van der Waals surface area contributed by atoms with Crippen LogP contribution in [0.15, 0.2) is 12.7 Å². The number of carbonyl (C=O) groups excluding carboxylic acids is 1. The fraction of sp³-hybridized carbons (Fsp3) is 0.733. The maximum atomic E-state index is 11.0. The zero-order valence-corrected chi connectivity index (χ0v) is 17.3. The molecule has 0 bridgehead atoms. The number of nitrogens with one attached hydrogen (secondary N) is 1. The standard InChI is InChI=1S/C15H28NO.Na.H2O4S/c1-4-6-7-8-9-10-11-12-13-14(3)16-15(17)5-2;;1-5(2,3)4/h5,14H,2-4,6-13H2,1H3,(H,16,17);;(H2,1,2,3,4)/q-1;+1;. The van der Waals surface area contributed by atoms with Crippen LogP contribution in [0.4, 0.5) is 0 Å². The molecule has 1 unspecified atom stereocenters. The SMILES string of the molecule is C=CC(=O)NC([CH2-])CCCCCCCCCC.O=S(=O)(O)O.[Na+]. The maximum absolute atomic E-state index is 11.0. The van der Waals surface area contributed by atoms with Crippen LogP contribution in [0.1, 0.15) is 64.7 Å². The molecule has 0 aliphatic heterocycles. The van der Waals surface area contributed by atoms with E-state index in [1.54, 1.807) is 0 Å². The van der Waals surface area contributed by atoms with E-state index in [9.17, 15) is 4.79 Å². The van der Waals surface area contributed by atoms with Gasteiger partial charge in [-0.15, -0.1) is 0 Å². The van der Waals surface area contributed by atoms with Gasteiger partial charge in [0, 0.05) is 0 Å². The second-order valence-corrected chi connectivity index (χ2v) is 6.02. The van der Waals surface area contributed by atoms with Crippen molar-refractivity contribution in [1.82, 2.24) is 5.32 Å². The minimum atomic E-state index is -4.67. The van der Waals surface area contributed by atoms with Gasteiger partial charge in [0.1, 0.15) is 0 Å². The van der Waals surface area contributed by atoms with E-state index >= 15 is 0 Å². The van der Waals surface area contributed by atoms with E-state index in [1.807, 2.05) is 0 Å². The van der Waals surface area contributed by atoms with Crippen molar-refractivity contribution in [1.29, 1.82) is 0 Å². The van der Waals surface area contributed by atoms with Gasteiger partial charge in [-0.3, -0.25) is 13.9 Å². The number of amides is 1. The average Bonchev–Trinajstić information content (AvgIpc) is 2.39. The Bertz CT molecular complexity index is 379. The third kappa shape index (κ3) is 34.4. The Labute approximate surface area is 163 Å². The van der Waals surface area contributed by atoms with Crippen LogP contribution in [0.25, 0.3) is 0 Å². The van der Waals surface area contributed by atoms with E-state index in [1.165, 1.54) is 51.0 Å². The third-order valence-electron chi connectivity index (χ3n) is 2.94. The first-order valence-corrected chi connectivity index (χ1v) is 9.06. The minimum Gasteiger partial charge on any atom is -0.380 e. The smallest absolute Gasteiger partial charge is 0.380 e. The molecule has 0 fully saturated rings. The van der Waals surface area contributed by atoms with Crippen LogP contribution >= 0.6 is 0 Å². The predicted octanol–water partition coefficient (Wildman–Crippen LogP) is 0.373. The molecule has 1 amide bonds. The summed E-state index contributed by atoms with van der Waals surface area (Å²) in [6, 6.07) is 0.0283. The summed E-state index contributed by atoms with van der Waals surface area (Å²) < 4.78 is 31.6. The van der Waals surface area contributed by atoms with Gasteiger partial charge in [-0.25, -0.2) is 0 Å². The first kappa shape index (κ1) is 27.9. The van der Waals surface area contributed by atoms with Crippen molar-refractivity contribution in [2.75, 3.05) is 0 Å². The van der Waals surface area contributed by atoms with Crippen molar-refractivity contribution in [3.8, 4) is 0 Å². The zero-order chi connectivity index (χ0) is 17.4. The summed E-state index contributed by atoms with van der Waals surface area (Å²) in [7, 11) is -4.67. The van der Waals surface area contributed by atoms with Crippen molar-refractivity contribution in [2.45, 2.75) is 70.8 Å². The summed E-state index contributed by atoms with van der Waals surface area (Å²) in [6.07, 6.45) is 12.8. The predicted molar refractivity (Wildman–Crippen MR) is 88.9 cm³/mol. The molecule has 3 N–H and O–H groups in total. The molecule has 8 heteroatoms. The summed E-state index contributed by atoms with van der Waals surface area (Å²) in [6.45, 7) is 9.57. The molecule has 1 atom stereocenters. The Morgan fingerprint density at radius 3 is 1.91 bits per heavy atom. The van der Waals surface area contributed by atoms with E-state index in [2.05, 4.69) is 25.7 Å².